The standard InChI is InChI=1S/C34H40N2O6/c1-19-17-21(9-11-23(19)35-25(37)33-15-13-31(7,27(39)41-33)29(33,3)4)22-10-12-24(20(2)18-22)36-26(38)34-16-14-32(8,28(40)42-34)30(34,5)6/h9-12,17-18H,13-16H2,1-8H3,(H,35,37)(H,36,38)/t31-,32+,33+,34-. The summed E-state index contributed by atoms with van der Waals surface area (Å²) in [6.45, 7) is 15.4. The van der Waals surface area contributed by atoms with Gasteiger partial charge < -0.3 is 20.1 Å². The quantitative estimate of drug-likeness (QED) is 0.420. The zero-order valence-corrected chi connectivity index (χ0v) is 25.7. The Morgan fingerprint density at radius 2 is 0.976 bits per heavy atom. The Labute approximate surface area is 246 Å². The van der Waals surface area contributed by atoms with Crippen molar-refractivity contribution in [1.29, 1.82) is 0 Å². The molecular formula is C34H40N2O6. The van der Waals surface area contributed by atoms with Gasteiger partial charge in [-0.2, -0.15) is 0 Å². The number of rotatable bonds is 5. The Morgan fingerprint density at radius 1 is 0.619 bits per heavy atom. The normalized spacial score (nSPS) is 33.3. The average molecular weight is 573 g/mol. The van der Waals surface area contributed by atoms with E-state index in [1.165, 1.54) is 0 Å². The van der Waals surface area contributed by atoms with E-state index >= 15 is 0 Å². The molecule has 8 heteroatoms. The maximum atomic E-state index is 13.5. The first-order valence-electron chi connectivity index (χ1n) is 14.8. The molecule has 2 aliphatic carbocycles. The summed E-state index contributed by atoms with van der Waals surface area (Å²) < 4.78 is 11.5. The lowest BCUT2D eigenvalue weighted by atomic mass is 9.66. The molecule has 2 aliphatic heterocycles. The van der Waals surface area contributed by atoms with Gasteiger partial charge in [0.1, 0.15) is 0 Å². The van der Waals surface area contributed by atoms with E-state index < -0.39 is 32.9 Å². The summed E-state index contributed by atoms with van der Waals surface area (Å²) >= 11 is 0. The van der Waals surface area contributed by atoms with Crippen LogP contribution in [0.2, 0.25) is 0 Å². The second-order valence-electron chi connectivity index (χ2n) is 14.3. The molecule has 2 aromatic rings. The van der Waals surface area contributed by atoms with Crippen LogP contribution in [0, 0.1) is 35.5 Å². The van der Waals surface area contributed by atoms with E-state index in [9.17, 15) is 19.2 Å². The molecule has 4 fully saturated rings. The number of fused-ring (bicyclic) bond motifs is 4. The molecule has 222 valence electrons. The average Bonchev–Trinajstić information content (AvgIpc) is 3.39. The maximum Gasteiger partial charge on any atom is 0.313 e. The number of esters is 2. The van der Waals surface area contributed by atoms with Crippen molar-refractivity contribution in [2.45, 2.75) is 92.3 Å². The Kier molecular flexibility index (Phi) is 5.72. The lowest BCUT2D eigenvalue weighted by Crippen LogP contribution is -2.50. The second kappa shape index (κ2) is 8.45. The van der Waals surface area contributed by atoms with E-state index in [0.717, 1.165) is 22.3 Å². The first kappa shape index (κ1) is 28.4. The molecule has 4 bridgehead atoms. The molecule has 0 radical (unpaired) electrons. The number of carbonyl (C=O) groups excluding carboxylic acids is 4. The van der Waals surface area contributed by atoms with Crippen molar-refractivity contribution in [1.82, 2.24) is 0 Å². The number of aryl methyl sites for hydroxylation is 2. The number of hydrogen-bond acceptors (Lipinski definition) is 6. The fourth-order valence-electron chi connectivity index (χ4n) is 7.91. The summed E-state index contributed by atoms with van der Waals surface area (Å²) in [5.41, 5.74) is 0.102. The first-order valence-corrected chi connectivity index (χ1v) is 14.8. The SMILES string of the molecule is Cc1cc(-c2ccc(NC(=O)[C@@]34CC[C@@](C)(C(=O)O3)C4(C)C)c(C)c2)ccc1NC(=O)[C@]12CC[C@](C)(C(=O)O1)C2(C)C. The molecule has 0 spiro atoms. The van der Waals surface area contributed by atoms with Gasteiger partial charge in [0, 0.05) is 22.2 Å². The number of amides is 2. The van der Waals surface area contributed by atoms with Crippen LogP contribution >= 0.6 is 0 Å². The largest absolute Gasteiger partial charge is 0.448 e. The smallest absolute Gasteiger partial charge is 0.313 e. The molecule has 2 heterocycles. The van der Waals surface area contributed by atoms with Crippen LogP contribution in [0.1, 0.15) is 78.4 Å². The number of hydrogen-bond donors (Lipinski definition) is 2. The number of anilines is 2. The second-order valence-corrected chi connectivity index (χ2v) is 14.3. The minimum atomic E-state index is -1.18. The molecule has 2 saturated heterocycles. The molecule has 0 unspecified atom stereocenters. The van der Waals surface area contributed by atoms with Gasteiger partial charge in [0.05, 0.1) is 10.8 Å². The van der Waals surface area contributed by atoms with Crippen molar-refractivity contribution >= 4 is 35.1 Å². The Hall–Kier alpha value is -3.68. The summed E-state index contributed by atoms with van der Waals surface area (Å²) in [6, 6.07) is 11.6. The highest BCUT2D eigenvalue weighted by atomic mass is 16.6. The highest BCUT2D eigenvalue weighted by molar-refractivity contribution is 6.05. The van der Waals surface area contributed by atoms with Crippen LogP contribution in [0.25, 0.3) is 11.1 Å². The maximum absolute atomic E-state index is 13.5. The van der Waals surface area contributed by atoms with Gasteiger partial charge in [-0.1, -0.05) is 39.8 Å². The van der Waals surface area contributed by atoms with E-state index in [0.29, 0.717) is 37.1 Å². The minimum Gasteiger partial charge on any atom is -0.448 e. The molecule has 2 aromatic carbocycles. The van der Waals surface area contributed by atoms with Gasteiger partial charge in [0.15, 0.2) is 11.2 Å². The van der Waals surface area contributed by atoms with Gasteiger partial charge >= 0.3 is 11.9 Å². The fourth-order valence-corrected chi connectivity index (χ4v) is 7.91. The molecule has 2 saturated carbocycles. The van der Waals surface area contributed by atoms with Crippen LogP contribution in [-0.4, -0.2) is 35.0 Å². The van der Waals surface area contributed by atoms with Gasteiger partial charge in [-0.15, -0.1) is 0 Å². The van der Waals surface area contributed by atoms with E-state index in [1.54, 1.807) is 0 Å². The zero-order valence-electron chi connectivity index (χ0n) is 25.7. The first-order chi connectivity index (χ1) is 19.5. The summed E-state index contributed by atoms with van der Waals surface area (Å²) in [6.07, 6.45) is 2.27. The van der Waals surface area contributed by atoms with Crippen molar-refractivity contribution < 1.29 is 28.7 Å². The van der Waals surface area contributed by atoms with Crippen molar-refractivity contribution in [2.75, 3.05) is 10.6 Å². The molecule has 6 rings (SSSR count). The van der Waals surface area contributed by atoms with Gasteiger partial charge in [-0.25, -0.2) is 0 Å². The molecule has 0 aromatic heterocycles. The third kappa shape index (κ3) is 3.24. The molecule has 42 heavy (non-hydrogen) atoms. The number of carbonyl (C=O) groups is 4. The van der Waals surface area contributed by atoms with E-state index in [2.05, 4.69) is 10.6 Å². The third-order valence-electron chi connectivity index (χ3n) is 12.2. The van der Waals surface area contributed by atoms with Crippen LogP contribution in [0.4, 0.5) is 11.4 Å². The van der Waals surface area contributed by atoms with E-state index in [4.69, 9.17) is 9.47 Å². The summed E-state index contributed by atoms with van der Waals surface area (Å²) in [7, 11) is 0. The molecule has 4 aliphatic rings. The van der Waals surface area contributed by atoms with Crippen LogP contribution in [0.3, 0.4) is 0 Å². The highest BCUT2D eigenvalue weighted by Gasteiger charge is 2.76. The number of ether oxygens (including phenoxy) is 2. The van der Waals surface area contributed by atoms with Gasteiger partial charge in [0.2, 0.25) is 0 Å². The third-order valence-corrected chi connectivity index (χ3v) is 12.2. The summed E-state index contributed by atoms with van der Waals surface area (Å²) in [5, 5.41) is 6.07. The van der Waals surface area contributed by atoms with Gasteiger partial charge in [0.25, 0.3) is 11.8 Å². The van der Waals surface area contributed by atoms with Gasteiger partial charge in [-0.3, -0.25) is 19.2 Å². The van der Waals surface area contributed by atoms with Crippen molar-refractivity contribution in [3.8, 4) is 11.1 Å². The fraction of sp³-hybridized carbons (Fsp3) is 0.529. The summed E-state index contributed by atoms with van der Waals surface area (Å²) in [5.74, 6) is -1.17. The Bertz CT molecular complexity index is 1470. The summed E-state index contributed by atoms with van der Waals surface area (Å²) in [4.78, 5) is 52.3. The number of nitrogens with one attached hydrogen (secondary N) is 2. The zero-order chi connectivity index (χ0) is 30.7. The molecule has 2 amide bonds. The van der Waals surface area contributed by atoms with Crippen molar-refractivity contribution in [2.24, 2.45) is 21.7 Å². The topological polar surface area (TPSA) is 111 Å². The number of benzene rings is 2. The Morgan fingerprint density at radius 3 is 1.24 bits per heavy atom. The van der Waals surface area contributed by atoms with E-state index in [1.807, 2.05) is 91.8 Å². The molecular weight excluding hydrogens is 532 g/mol. The van der Waals surface area contributed by atoms with Crippen LogP contribution < -0.4 is 10.6 Å². The minimum absolute atomic E-state index is 0.285. The van der Waals surface area contributed by atoms with Gasteiger partial charge in [-0.05, 0) is 99.9 Å². The highest BCUT2D eigenvalue weighted by Crippen LogP contribution is 2.66. The monoisotopic (exact) mass is 572 g/mol. The Balaban J connectivity index is 1.19. The van der Waals surface area contributed by atoms with Crippen LogP contribution in [0.5, 0.6) is 0 Å². The molecule has 2 N–H and O–H groups in total. The molecule has 4 atom stereocenters. The predicted octanol–water partition coefficient (Wildman–Crippen LogP) is 6.09. The van der Waals surface area contributed by atoms with Crippen LogP contribution in [-0.2, 0) is 28.7 Å². The van der Waals surface area contributed by atoms with Crippen LogP contribution in [0.15, 0.2) is 36.4 Å². The van der Waals surface area contributed by atoms with Crippen molar-refractivity contribution in [3.63, 3.8) is 0 Å². The lowest BCUT2D eigenvalue weighted by Gasteiger charge is -2.35. The predicted molar refractivity (Wildman–Crippen MR) is 159 cm³/mol. The van der Waals surface area contributed by atoms with E-state index in [-0.39, 0.29) is 23.8 Å². The molecule has 8 nitrogen and oxygen atoms in total. The van der Waals surface area contributed by atoms with Crippen molar-refractivity contribution in [3.05, 3.63) is 47.5 Å². The lowest BCUT2D eigenvalue weighted by molar-refractivity contribution is -0.166.